The van der Waals surface area contributed by atoms with E-state index < -0.39 is 0 Å². The smallest absolute Gasteiger partial charge is 0.0566 e. The molecule has 1 heterocycles. The summed E-state index contributed by atoms with van der Waals surface area (Å²) in [6.45, 7) is 2.08. The first-order valence-electron chi connectivity index (χ1n) is 3.16. The van der Waals surface area contributed by atoms with Crippen molar-refractivity contribution in [3.05, 3.63) is 0 Å². The van der Waals surface area contributed by atoms with Crippen molar-refractivity contribution in [1.82, 2.24) is 0 Å². The molecule has 3 heteroatoms. The Labute approximate surface area is 60.8 Å². The number of aliphatic hydroxyl groups excluding tert-OH is 1. The molecule has 0 bridgehead atoms. The normalized spacial score (nSPS) is 16.7. The molecule has 56 valence electrons. The summed E-state index contributed by atoms with van der Waals surface area (Å²) in [6.07, 6.45) is 2.56. The van der Waals surface area contributed by atoms with Gasteiger partial charge in [0, 0.05) is 19.1 Å². The van der Waals surface area contributed by atoms with Crippen molar-refractivity contribution in [1.29, 1.82) is 0 Å². The van der Waals surface area contributed by atoms with Crippen LogP contribution in [0.15, 0.2) is 0 Å². The number of hydrogen-bond donors (Lipinski definition) is 1. The number of hydrogen-bond acceptors (Lipinski definition) is 2. The number of alkyl halides is 1. The van der Waals surface area contributed by atoms with Gasteiger partial charge in [0.1, 0.15) is 0 Å². The van der Waals surface area contributed by atoms with E-state index in [4.69, 9.17) is 21.4 Å². The minimum atomic E-state index is 0.0849. The summed E-state index contributed by atoms with van der Waals surface area (Å²) in [5.41, 5.74) is 0. The lowest BCUT2D eigenvalue weighted by Crippen LogP contribution is -1.76. The number of halogens is 1. The lowest BCUT2D eigenvalue weighted by Gasteiger charge is -1.76. The van der Waals surface area contributed by atoms with Crippen molar-refractivity contribution < 1.29 is 9.84 Å². The monoisotopic (exact) mass is 152 g/mol. The molecule has 1 rings (SSSR count). The van der Waals surface area contributed by atoms with Gasteiger partial charge < -0.3 is 9.84 Å². The lowest BCUT2D eigenvalue weighted by atomic mass is 10.4. The van der Waals surface area contributed by atoms with Crippen LogP contribution in [-0.4, -0.2) is 30.8 Å². The third-order valence-electron chi connectivity index (χ3n) is 0.912. The van der Waals surface area contributed by atoms with Crippen LogP contribution < -0.4 is 0 Å². The van der Waals surface area contributed by atoms with Gasteiger partial charge in [-0.25, -0.2) is 0 Å². The molecule has 0 aliphatic carbocycles. The van der Waals surface area contributed by atoms with Gasteiger partial charge in [0.2, 0.25) is 0 Å². The second-order valence-corrected chi connectivity index (χ2v) is 2.11. The minimum Gasteiger partial charge on any atom is -0.395 e. The summed E-state index contributed by atoms with van der Waals surface area (Å²) in [5.74, 6) is 0.347. The molecular weight excluding hydrogens is 140 g/mol. The van der Waals surface area contributed by atoms with E-state index in [2.05, 4.69) is 0 Å². The molecule has 1 aliphatic rings. The van der Waals surface area contributed by atoms with Gasteiger partial charge in [-0.15, -0.1) is 11.6 Å². The third kappa shape index (κ3) is 8.21. The summed E-state index contributed by atoms with van der Waals surface area (Å²) < 4.78 is 4.94. The zero-order chi connectivity index (χ0) is 6.95. The van der Waals surface area contributed by atoms with Crippen molar-refractivity contribution in [2.75, 3.05) is 25.7 Å². The molecule has 1 saturated heterocycles. The van der Waals surface area contributed by atoms with Crippen LogP contribution in [0.4, 0.5) is 0 Å². The molecule has 9 heavy (non-hydrogen) atoms. The molecule has 0 atom stereocenters. The second-order valence-electron chi connectivity index (χ2n) is 1.73. The molecular formula is C6H13ClO2. The summed E-state index contributed by atoms with van der Waals surface area (Å²) in [5, 5.41) is 7.74. The maximum absolute atomic E-state index is 7.74. The number of aliphatic hydroxyl groups is 1. The van der Waals surface area contributed by atoms with Gasteiger partial charge in [0.25, 0.3) is 0 Å². The van der Waals surface area contributed by atoms with Crippen LogP contribution in [0.3, 0.4) is 0 Å². The first-order chi connectivity index (χ1) is 4.41. The van der Waals surface area contributed by atoms with Gasteiger partial charge in [-0.3, -0.25) is 0 Å². The van der Waals surface area contributed by atoms with Crippen LogP contribution in [0, 0.1) is 0 Å². The van der Waals surface area contributed by atoms with Crippen LogP contribution in [0.2, 0.25) is 0 Å². The molecule has 1 fully saturated rings. The number of ether oxygens (including phenoxy) is 1. The maximum atomic E-state index is 7.74. The van der Waals surface area contributed by atoms with Crippen LogP contribution in [0.1, 0.15) is 12.8 Å². The van der Waals surface area contributed by atoms with E-state index in [1.54, 1.807) is 0 Å². The van der Waals surface area contributed by atoms with Gasteiger partial charge in [0.05, 0.1) is 6.61 Å². The Bertz CT molecular complexity index is 36.7. The Balaban J connectivity index is 0.000000148. The Morgan fingerprint density at radius 1 is 1.33 bits per heavy atom. The topological polar surface area (TPSA) is 29.5 Å². The van der Waals surface area contributed by atoms with E-state index in [0.29, 0.717) is 5.88 Å². The van der Waals surface area contributed by atoms with Gasteiger partial charge in [-0.2, -0.15) is 0 Å². The average molecular weight is 153 g/mol. The van der Waals surface area contributed by atoms with Crippen LogP contribution in [0.5, 0.6) is 0 Å². The Morgan fingerprint density at radius 3 is 1.89 bits per heavy atom. The quantitative estimate of drug-likeness (QED) is 0.569. The predicted octanol–water partition coefficient (Wildman–Crippen LogP) is 1.01. The molecule has 0 unspecified atom stereocenters. The van der Waals surface area contributed by atoms with Gasteiger partial charge in [-0.1, -0.05) is 0 Å². The predicted molar refractivity (Wildman–Crippen MR) is 37.9 cm³/mol. The van der Waals surface area contributed by atoms with Crippen LogP contribution in [0.25, 0.3) is 0 Å². The molecule has 1 N–H and O–H groups in total. The van der Waals surface area contributed by atoms with Gasteiger partial charge >= 0.3 is 0 Å². The van der Waals surface area contributed by atoms with Gasteiger partial charge in [0.15, 0.2) is 0 Å². The molecule has 0 saturated carbocycles. The van der Waals surface area contributed by atoms with E-state index in [1.165, 1.54) is 12.8 Å². The average Bonchev–Trinajstić information content (AvgIpc) is 2.43. The molecule has 0 spiro atoms. The molecule has 0 aromatic heterocycles. The lowest BCUT2D eigenvalue weighted by molar-refractivity contribution is 0.198. The molecule has 0 amide bonds. The fourth-order valence-electron chi connectivity index (χ4n) is 0.510. The molecule has 0 aromatic carbocycles. The van der Waals surface area contributed by atoms with Crippen molar-refractivity contribution in [2.24, 2.45) is 0 Å². The highest BCUT2D eigenvalue weighted by atomic mass is 35.5. The van der Waals surface area contributed by atoms with Crippen molar-refractivity contribution in [3.8, 4) is 0 Å². The molecule has 0 radical (unpaired) electrons. The van der Waals surface area contributed by atoms with Crippen LogP contribution in [-0.2, 0) is 4.74 Å². The van der Waals surface area contributed by atoms with Crippen molar-refractivity contribution in [3.63, 3.8) is 0 Å². The Kier molecular flexibility index (Phi) is 8.40. The van der Waals surface area contributed by atoms with E-state index in [9.17, 15) is 0 Å². The molecule has 1 aliphatic heterocycles. The van der Waals surface area contributed by atoms with E-state index >= 15 is 0 Å². The highest BCUT2D eigenvalue weighted by Gasteiger charge is 1.94. The first-order valence-corrected chi connectivity index (χ1v) is 3.70. The summed E-state index contributed by atoms with van der Waals surface area (Å²) >= 11 is 4.94. The molecule has 0 aromatic rings. The third-order valence-corrected chi connectivity index (χ3v) is 1.08. The Morgan fingerprint density at radius 2 is 1.78 bits per heavy atom. The van der Waals surface area contributed by atoms with Crippen molar-refractivity contribution in [2.45, 2.75) is 12.8 Å². The number of rotatable bonds is 1. The van der Waals surface area contributed by atoms with Crippen molar-refractivity contribution >= 4 is 11.6 Å². The van der Waals surface area contributed by atoms with E-state index in [1.807, 2.05) is 0 Å². The SMILES string of the molecule is C1CCOC1.OCCCl. The maximum Gasteiger partial charge on any atom is 0.0566 e. The summed E-state index contributed by atoms with van der Waals surface area (Å²) in [7, 11) is 0. The van der Waals surface area contributed by atoms with Crippen LogP contribution >= 0.6 is 11.6 Å². The molecule has 2 nitrogen and oxygen atoms in total. The largest absolute Gasteiger partial charge is 0.395 e. The summed E-state index contributed by atoms with van der Waals surface area (Å²) in [4.78, 5) is 0. The Hall–Kier alpha value is 0.210. The standard InChI is InChI=1S/C4H8O.C2H5ClO/c1-2-4-5-3-1;3-1-2-4/h1-4H2;4H,1-2H2. The second kappa shape index (κ2) is 8.21. The fourth-order valence-corrected chi connectivity index (χ4v) is 0.510. The summed E-state index contributed by atoms with van der Waals surface area (Å²) in [6, 6.07) is 0. The van der Waals surface area contributed by atoms with Gasteiger partial charge in [-0.05, 0) is 12.8 Å². The first kappa shape index (κ1) is 9.21. The minimum absolute atomic E-state index is 0.0849. The van der Waals surface area contributed by atoms with E-state index in [-0.39, 0.29) is 6.61 Å². The zero-order valence-electron chi connectivity index (χ0n) is 5.48. The fraction of sp³-hybridized carbons (Fsp3) is 1.00. The zero-order valence-corrected chi connectivity index (χ0v) is 6.23. The highest BCUT2D eigenvalue weighted by Crippen LogP contribution is 1.98. The highest BCUT2D eigenvalue weighted by molar-refractivity contribution is 6.17. The van der Waals surface area contributed by atoms with E-state index in [0.717, 1.165) is 13.2 Å².